The average Bonchev–Trinajstić information content (AvgIpc) is 2.46. The quantitative estimate of drug-likeness (QED) is 0.613. The summed E-state index contributed by atoms with van der Waals surface area (Å²) in [6.07, 6.45) is 9.92. The summed E-state index contributed by atoms with van der Waals surface area (Å²) in [5.41, 5.74) is 3.01. The van der Waals surface area contributed by atoms with Crippen molar-refractivity contribution in [3.8, 4) is 0 Å². The maximum Gasteiger partial charge on any atom is 0.0262 e. The minimum Gasteiger partial charge on any atom is -0.369 e. The molecule has 1 aliphatic carbocycles. The molecule has 1 nitrogen and oxygen atoms in total. The molecule has 1 heterocycles. The zero-order valence-electron chi connectivity index (χ0n) is 9.59. The number of likely N-dealkylation sites (tertiary alicyclic amines) is 1. The van der Waals surface area contributed by atoms with Crippen molar-refractivity contribution >= 4 is 0 Å². The highest BCUT2D eigenvalue weighted by Gasteiger charge is 2.28. The maximum atomic E-state index is 2.64. The lowest BCUT2D eigenvalue weighted by Gasteiger charge is -2.32. The van der Waals surface area contributed by atoms with Gasteiger partial charge in [-0.05, 0) is 52.5 Å². The van der Waals surface area contributed by atoms with Crippen LogP contribution in [0.1, 0.15) is 46.5 Å². The fourth-order valence-electron chi connectivity index (χ4n) is 2.81. The molecule has 0 spiro atoms. The van der Waals surface area contributed by atoms with Crippen molar-refractivity contribution in [2.24, 2.45) is 0 Å². The molecular formula is C13H21N. The Morgan fingerprint density at radius 1 is 1.21 bits per heavy atom. The zero-order chi connectivity index (χ0) is 10.1. The molecule has 0 aromatic rings. The standard InChI is InChI=1S/C13H21N/c1-10-5-4-6-13(9-10)14-11(2)7-8-12(14)3/h5,9,11-12H,4,6-8H2,1-3H3. The van der Waals surface area contributed by atoms with Gasteiger partial charge < -0.3 is 4.90 Å². The number of rotatable bonds is 1. The zero-order valence-corrected chi connectivity index (χ0v) is 9.59. The van der Waals surface area contributed by atoms with Gasteiger partial charge in [0.15, 0.2) is 0 Å². The van der Waals surface area contributed by atoms with Crippen molar-refractivity contribution in [1.29, 1.82) is 0 Å². The first-order valence-corrected chi connectivity index (χ1v) is 5.84. The van der Waals surface area contributed by atoms with E-state index in [-0.39, 0.29) is 0 Å². The Balaban J connectivity index is 2.17. The van der Waals surface area contributed by atoms with Crippen LogP contribution in [0.2, 0.25) is 0 Å². The van der Waals surface area contributed by atoms with Gasteiger partial charge in [0, 0.05) is 17.8 Å². The monoisotopic (exact) mass is 191 g/mol. The Kier molecular flexibility index (Phi) is 2.66. The van der Waals surface area contributed by atoms with Crippen molar-refractivity contribution in [1.82, 2.24) is 4.90 Å². The first-order chi connectivity index (χ1) is 6.68. The van der Waals surface area contributed by atoms with Gasteiger partial charge >= 0.3 is 0 Å². The molecule has 1 heteroatoms. The molecule has 2 aliphatic rings. The van der Waals surface area contributed by atoms with Crippen LogP contribution in [0.15, 0.2) is 23.4 Å². The van der Waals surface area contributed by atoms with Crippen LogP contribution in [-0.4, -0.2) is 17.0 Å². The Hall–Kier alpha value is -0.720. The Morgan fingerprint density at radius 2 is 1.86 bits per heavy atom. The second-order valence-electron chi connectivity index (χ2n) is 4.81. The summed E-state index contributed by atoms with van der Waals surface area (Å²) in [6, 6.07) is 1.50. The predicted octanol–water partition coefficient (Wildman–Crippen LogP) is 3.48. The second-order valence-corrected chi connectivity index (χ2v) is 4.81. The molecule has 2 rings (SSSR count). The summed E-state index contributed by atoms with van der Waals surface area (Å²) in [6.45, 7) is 6.93. The highest BCUT2D eigenvalue weighted by Crippen LogP contribution is 2.32. The molecule has 0 N–H and O–H groups in total. The molecule has 0 radical (unpaired) electrons. The molecule has 1 aliphatic heterocycles. The summed E-state index contributed by atoms with van der Waals surface area (Å²) in [5, 5.41) is 0. The second kappa shape index (κ2) is 3.80. The molecule has 14 heavy (non-hydrogen) atoms. The van der Waals surface area contributed by atoms with Gasteiger partial charge in [0.25, 0.3) is 0 Å². The number of hydrogen-bond acceptors (Lipinski definition) is 1. The molecule has 0 aromatic carbocycles. The van der Waals surface area contributed by atoms with Crippen LogP contribution in [0.3, 0.4) is 0 Å². The maximum absolute atomic E-state index is 2.64. The predicted molar refractivity (Wildman–Crippen MR) is 61.1 cm³/mol. The lowest BCUT2D eigenvalue weighted by atomic mass is 10.0. The van der Waals surface area contributed by atoms with Gasteiger partial charge in [-0.1, -0.05) is 11.6 Å². The molecule has 0 bridgehead atoms. The van der Waals surface area contributed by atoms with Crippen LogP contribution in [0, 0.1) is 0 Å². The van der Waals surface area contributed by atoms with Crippen LogP contribution in [0.25, 0.3) is 0 Å². The van der Waals surface area contributed by atoms with E-state index in [2.05, 4.69) is 37.8 Å². The van der Waals surface area contributed by atoms with E-state index < -0.39 is 0 Å². The summed E-state index contributed by atoms with van der Waals surface area (Å²) in [5.74, 6) is 0. The SMILES string of the molecule is CC1=CCCC(N2C(C)CCC2C)=C1. The van der Waals surface area contributed by atoms with Crippen molar-refractivity contribution in [2.75, 3.05) is 0 Å². The van der Waals surface area contributed by atoms with Gasteiger partial charge in [0.2, 0.25) is 0 Å². The highest BCUT2D eigenvalue weighted by molar-refractivity contribution is 5.26. The van der Waals surface area contributed by atoms with Gasteiger partial charge in [-0.15, -0.1) is 0 Å². The Labute approximate surface area is 87.5 Å². The van der Waals surface area contributed by atoms with Crippen LogP contribution in [0.4, 0.5) is 0 Å². The minimum atomic E-state index is 0.752. The topological polar surface area (TPSA) is 3.24 Å². The van der Waals surface area contributed by atoms with Gasteiger partial charge in [0.05, 0.1) is 0 Å². The van der Waals surface area contributed by atoms with E-state index in [0.29, 0.717) is 0 Å². The van der Waals surface area contributed by atoms with E-state index in [1.807, 2.05) is 0 Å². The lowest BCUT2D eigenvalue weighted by molar-refractivity contribution is 0.267. The first kappa shape index (κ1) is 9.82. The normalized spacial score (nSPS) is 32.9. The lowest BCUT2D eigenvalue weighted by Crippen LogP contribution is -2.32. The average molecular weight is 191 g/mol. The fourth-order valence-corrected chi connectivity index (χ4v) is 2.81. The smallest absolute Gasteiger partial charge is 0.0262 e. The van der Waals surface area contributed by atoms with Crippen LogP contribution in [0.5, 0.6) is 0 Å². The third kappa shape index (κ3) is 1.73. The molecule has 0 saturated carbocycles. The summed E-state index contributed by atoms with van der Waals surface area (Å²) in [7, 11) is 0. The van der Waals surface area contributed by atoms with Crippen LogP contribution in [-0.2, 0) is 0 Å². The van der Waals surface area contributed by atoms with Gasteiger partial charge in [-0.3, -0.25) is 0 Å². The van der Waals surface area contributed by atoms with E-state index in [1.54, 1.807) is 5.70 Å². The van der Waals surface area contributed by atoms with Gasteiger partial charge in [0.1, 0.15) is 0 Å². The number of hydrogen-bond donors (Lipinski definition) is 0. The molecule has 2 unspecified atom stereocenters. The van der Waals surface area contributed by atoms with E-state index in [0.717, 1.165) is 12.1 Å². The van der Waals surface area contributed by atoms with Crippen LogP contribution < -0.4 is 0 Å². The largest absolute Gasteiger partial charge is 0.369 e. The van der Waals surface area contributed by atoms with Crippen LogP contribution >= 0.6 is 0 Å². The summed E-state index contributed by atoms with van der Waals surface area (Å²) < 4.78 is 0. The van der Waals surface area contributed by atoms with Crippen molar-refractivity contribution in [3.05, 3.63) is 23.4 Å². The van der Waals surface area contributed by atoms with E-state index in [4.69, 9.17) is 0 Å². The third-order valence-electron chi connectivity index (χ3n) is 3.54. The van der Waals surface area contributed by atoms with Gasteiger partial charge in [-0.2, -0.15) is 0 Å². The summed E-state index contributed by atoms with van der Waals surface area (Å²) in [4.78, 5) is 2.64. The summed E-state index contributed by atoms with van der Waals surface area (Å²) >= 11 is 0. The third-order valence-corrected chi connectivity index (χ3v) is 3.54. The van der Waals surface area contributed by atoms with E-state index >= 15 is 0 Å². The Bertz CT molecular complexity index is 265. The minimum absolute atomic E-state index is 0.752. The highest BCUT2D eigenvalue weighted by atomic mass is 15.2. The van der Waals surface area contributed by atoms with E-state index in [1.165, 1.54) is 31.3 Å². The van der Waals surface area contributed by atoms with Crippen molar-refractivity contribution in [3.63, 3.8) is 0 Å². The fraction of sp³-hybridized carbons (Fsp3) is 0.692. The van der Waals surface area contributed by atoms with Crippen molar-refractivity contribution < 1.29 is 0 Å². The van der Waals surface area contributed by atoms with Crippen molar-refractivity contribution in [2.45, 2.75) is 58.5 Å². The molecule has 1 saturated heterocycles. The molecular weight excluding hydrogens is 170 g/mol. The number of nitrogens with zero attached hydrogens (tertiary/aromatic N) is 1. The number of allylic oxidation sites excluding steroid dienone is 4. The molecule has 0 aromatic heterocycles. The molecule has 2 atom stereocenters. The van der Waals surface area contributed by atoms with E-state index in [9.17, 15) is 0 Å². The first-order valence-electron chi connectivity index (χ1n) is 5.84. The molecule has 78 valence electrons. The molecule has 0 amide bonds. The van der Waals surface area contributed by atoms with Gasteiger partial charge in [-0.25, -0.2) is 0 Å². The molecule has 1 fully saturated rings. The Morgan fingerprint density at radius 3 is 2.43 bits per heavy atom.